The lowest BCUT2D eigenvalue weighted by atomic mass is 10.1. The SMILES string of the molecule is CC(=O)c1c(C)nn(CCC(=O)NC2CCN(c3nc(C)c(C)c(=O)[nH]3)CC2)c1C. The van der Waals surface area contributed by atoms with Gasteiger partial charge < -0.3 is 10.2 Å². The third-order valence-corrected chi connectivity index (χ3v) is 5.83. The number of Topliss-reactive ketones (excluding diaryl/α,β-unsaturated/α-hetero) is 1. The molecule has 0 atom stereocenters. The predicted octanol–water partition coefficient (Wildman–Crippen LogP) is 1.58. The van der Waals surface area contributed by atoms with Crippen molar-refractivity contribution < 1.29 is 9.59 Å². The number of ketones is 1. The highest BCUT2D eigenvalue weighted by Crippen LogP contribution is 2.17. The monoisotopic (exact) mass is 414 g/mol. The van der Waals surface area contributed by atoms with Crippen LogP contribution in [-0.2, 0) is 11.3 Å². The Labute approximate surface area is 175 Å². The van der Waals surface area contributed by atoms with Crippen molar-refractivity contribution in [3.05, 3.63) is 38.6 Å². The highest BCUT2D eigenvalue weighted by molar-refractivity contribution is 5.96. The first kappa shape index (κ1) is 21.7. The zero-order valence-electron chi connectivity index (χ0n) is 18.3. The Morgan fingerprint density at radius 1 is 1.13 bits per heavy atom. The van der Waals surface area contributed by atoms with Gasteiger partial charge >= 0.3 is 0 Å². The molecule has 1 amide bonds. The summed E-state index contributed by atoms with van der Waals surface area (Å²) >= 11 is 0. The number of H-pyrrole nitrogens is 1. The fourth-order valence-electron chi connectivity index (χ4n) is 3.95. The number of anilines is 1. The van der Waals surface area contributed by atoms with Gasteiger partial charge in [0.2, 0.25) is 11.9 Å². The Morgan fingerprint density at radius 3 is 2.37 bits per heavy atom. The van der Waals surface area contributed by atoms with Gasteiger partial charge in [-0.1, -0.05) is 0 Å². The van der Waals surface area contributed by atoms with Gasteiger partial charge in [-0.3, -0.25) is 24.0 Å². The number of amides is 1. The molecule has 2 N–H and O–H groups in total. The number of rotatable bonds is 6. The number of nitrogens with zero attached hydrogens (tertiary/aromatic N) is 4. The first-order valence-corrected chi connectivity index (χ1v) is 10.3. The molecule has 2 aromatic rings. The molecule has 2 aromatic heterocycles. The second kappa shape index (κ2) is 8.81. The van der Waals surface area contributed by atoms with Gasteiger partial charge in [0.05, 0.1) is 11.3 Å². The number of piperidine rings is 1. The van der Waals surface area contributed by atoms with E-state index in [9.17, 15) is 14.4 Å². The van der Waals surface area contributed by atoms with Crippen molar-refractivity contribution in [2.75, 3.05) is 18.0 Å². The quantitative estimate of drug-likeness (QED) is 0.694. The van der Waals surface area contributed by atoms with Crippen LogP contribution in [0.4, 0.5) is 5.95 Å². The average molecular weight is 415 g/mol. The molecule has 1 saturated heterocycles. The van der Waals surface area contributed by atoms with Crippen LogP contribution in [-0.4, -0.2) is 50.6 Å². The number of carbonyl (C=O) groups is 2. The zero-order chi connectivity index (χ0) is 22.0. The topological polar surface area (TPSA) is 113 Å². The molecule has 162 valence electrons. The highest BCUT2D eigenvalue weighted by Gasteiger charge is 2.23. The van der Waals surface area contributed by atoms with E-state index in [4.69, 9.17) is 0 Å². The molecule has 0 unspecified atom stereocenters. The number of carbonyl (C=O) groups excluding carboxylic acids is 2. The minimum absolute atomic E-state index is 0.00735. The number of aryl methyl sites for hydroxylation is 3. The maximum atomic E-state index is 12.4. The lowest BCUT2D eigenvalue weighted by Crippen LogP contribution is -2.45. The number of aromatic nitrogens is 4. The lowest BCUT2D eigenvalue weighted by molar-refractivity contribution is -0.122. The second-order valence-corrected chi connectivity index (χ2v) is 8.00. The molecule has 0 saturated carbocycles. The third kappa shape index (κ3) is 4.60. The van der Waals surface area contributed by atoms with Crippen LogP contribution in [0.1, 0.15) is 59.2 Å². The van der Waals surface area contributed by atoms with E-state index in [1.165, 1.54) is 6.92 Å². The summed E-state index contributed by atoms with van der Waals surface area (Å²) in [7, 11) is 0. The van der Waals surface area contributed by atoms with Gasteiger partial charge in [0.25, 0.3) is 5.56 Å². The van der Waals surface area contributed by atoms with Gasteiger partial charge in [-0.05, 0) is 47.5 Å². The largest absolute Gasteiger partial charge is 0.353 e. The maximum Gasteiger partial charge on any atom is 0.255 e. The van der Waals surface area contributed by atoms with Gasteiger partial charge in [-0.2, -0.15) is 5.10 Å². The molecule has 3 heterocycles. The molecule has 0 bridgehead atoms. The Balaban J connectivity index is 1.51. The van der Waals surface area contributed by atoms with Crippen LogP contribution in [0.15, 0.2) is 4.79 Å². The van der Waals surface area contributed by atoms with Crippen molar-refractivity contribution >= 4 is 17.6 Å². The summed E-state index contributed by atoms with van der Waals surface area (Å²) in [5.41, 5.74) is 3.41. The Hall–Kier alpha value is -2.97. The van der Waals surface area contributed by atoms with Crippen LogP contribution in [0.3, 0.4) is 0 Å². The number of aromatic amines is 1. The Bertz CT molecular complexity index is 1010. The molecule has 9 nitrogen and oxygen atoms in total. The van der Waals surface area contributed by atoms with E-state index in [0.29, 0.717) is 35.7 Å². The summed E-state index contributed by atoms with van der Waals surface area (Å²) in [6.45, 7) is 10.7. The standard InChI is InChI=1S/C21H30N6O3/c1-12-13(2)22-21(24-20(12)30)26-9-6-17(7-10-26)23-18(29)8-11-27-15(4)19(16(5)28)14(3)25-27/h17H,6-11H2,1-5H3,(H,23,29)(H,22,24,30). The molecule has 3 rings (SSSR count). The van der Waals surface area contributed by atoms with Gasteiger partial charge in [-0.25, -0.2) is 4.98 Å². The van der Waals surface area contributed by atoms with Crippen LogP contribution in [0.2, 0.25) is 0 Å². The normalized spacial score (nSPS) is 14.8. The van der Waals surface area contributed by atoms with Crippen LogP contribution < -0.4 is 15.8 Å². The fourth-order valence-corrected chi connectivity index (χ4v) is 3.95. The van der Waals surface area contributed by atoms with Crippen LogP contribution in [0.25, 0.3) is 0 Å². The van der Waals surface area contributed by atoms with E-state index < -0.39 is 0 Å². The Kier molecular flexibility index (Phi) is 6.38. The van der Waals surface area contributed by atoms with E-state index >= 15 is 0 Å². The van der Waals surface area contributed by atoms with Crippen molar-refractivity contribution in [2.24, 2.45) is 0 Å². The Morgan fingerprint density at radius 2 is 1.80 bits per heavy atom. The zero-order valence-corrected chi connectivity index (χ0v) is 18.3. The minimum atomic E-state index is -0.106. The number of hydrogen-bond acceptors (Lipinski definition) is 6. The molecular formula is C21H30N6O3. The third-order valence-electron chi connectivity index (χ3n) is 5.83. The molecule has 0 aromatic carbocycles. The first-order valence-electron chi connectivity index (χ1n) is 10.3. The van der Waals surface area contributed by atoms with Crippen molar-refractivity contribution in [3.8, 4) is 0 Å². The molecule has 1 fully saturated rings. The van der Waals surface area contributed by atoms with Gasteiger partial charge in [-0.15, -0.1) is 0 Å². The van der Waals surface area contributed by atoms with Crippen molar-refractivity contribution in [3.63, 3.8) is 0 Å². The van der Waals surface area contributed by atoms with E-state index in [-0.39, 0.29) is 23.3 Å². The second-order valence-electron chi connectivity index (χ2n) is 8.00. The molecule has 1 aliphatic heterocycles. The van der Waals surface area contributed by atoms with Gasteiger partial charge in [0.15, 0.2) is 5.78 Å². The smallest absolute Gasteiger partial charge is 0.255 e. The van der Waals surface area contributed by atoms with E-state index in [2.05, 4.69) is 25.3 Å². The molecule has 30 heavy (non-hydrogen) atoms. The summed E-state index contributed by atoms with van der Waals surface area (Å²) in [6.07, 6.45) is 1.89. The fraction of sp³-hybridized carbons (Fsp3) is 0.571. The van der Waals surface area contributed by atoms with Crippen LogP contribution in [0, 0.1) is 27.7 Å². The minimum Gasteiger partial charge on any atom is -0.353 e. The highest BCUT2D eigenvalue weighted by atomic mass is 16.2. The number of hydrogen-bond donors (Lipinski definition) is 2. The first-order chi connectivity index (χ1) is 14.2. The maximum absolute atomic E-state index is 12.4. The molecule has 0 radical (unpaired) electrons. The van der Waals surface area contributed by atoms with Crippen LogP contribution >= 0.6 is 0 Å². The van der Waals surface area contributed by atoms with Crippen molar-refractivity contribution in [1.29, 1.82) is 0 Å². The van der Waals surface area contributed by atoms with Gasteiger partial charge in [0, 0.05) is 49.0 Å². The van der Waals surface area contributed by atoms with Crippen molar-refractivity contribution in [1.82, 2.24) is 25.1 Å². The van der Waals surface area contributed by atoms with E-state index in [0.717, 1.165) is 37.3 Å². The molecule has 0 aliphatic carbocycles. The van der Waals surface area contributed by atoms with Gasteiger partial charge in [0.1, 0.15) is 0 Å². The van der Waals surface area contributed by atoms with E-state index in [1.54, 1.807) is 11.6 Å². The molecule has 0 spiro atoms. The molecule has 9 heteroatoms. The molecular weight excluding hydrogens is 384 g/mol. The van der Waals surface area contributed by atoms with Crippen molar-refractivity contribution in [2.45, 2.75) is 66.5 Å². The number of nitrogens with one attached hydrogen (secondary N) is 2. The van der Waals surface area contributed by atoms with Crippen LogP contribution in [0.5, 0.6) is 0 Å². The summed E-state index contributed by atoms with van der Waals surface area (Å²) in [5, 5.41) is 7.48. The van der Waals surface area contributed by atoms with E-state index in [1.807, 2.05) is 20.8 Å². The molecule has 1 aliphatic rings. The summed E-state index contributed by atoms with van der Waals surface area (Å²) in [4.78, 5) is 45.5. The average Bonchev–Trinajstić information content (AvgIpc) is 2.98. The summed E-state index contributed by atoms with van der Waals surface area (Å²) in [5.74, 6) is 0.564. The predicted molar refractivity (Wildman–Crippen MR) is 114 cm³/mol. The summed E-state index contributed by atoms with van der Waals surface area (Å²) in [6, 6.07) is 0.0975. The lowest BCUT2D eigenvalue weighted by Gasteiger charge is -2.32. The summed E-state index contributed by atoms with van der Waals surface area (Å²) < 4.78 is 1.73.